The van der Waals surface area contributed by atoms with Crippen LogP contribution in [-0.4, -0.2) is 37.5 Å². The summed E-state index contributed by atoms with van der Waals surface area (Å²) >= 11 is 0. The molecule has 0 amide bonds. The molecule has 37 heavy (non-hydrogen) atoms. The number of unbranched alkanes of at least 4 members (excludes halogenated alkanes) is 4. The summed E-state index contributed by atoms with van der Waals surface area (Å²) in [4.78, 5) is 25.5. The molecule has 0 aliphatic rings. The third-order valence-corrected chi connectivity index (χ3v) is 5.91. The van der Waals surface area contributed by atoms with Crippen LogP contribution in [0, 0.1) is 0 Å². The highest BCUT2D eigenvalue weighted by molar-refractivity contribution is 5.94. The van der Waals surface area contributed by atoms with Crippen molar-refractivity contribution in [3.63, 3.8) is 0 Å². The summed E-state index contributed by atoms with van der Waals surface area (Å²) in [6.07, 6.45) is -8.32. The SMILES string of the molecule is CCCCCOC(=O)c1ccccc1C(c1ccccc1C(=O)OCCCCC)(C(F)(F)F)C(F)(F)F. The van der Waals surface area contributed by atoms with E-state index in [1.165, 1.54) is 0 Å². The van der Waals surface area contributed by atoms with Crippen molar-refractivity contribution in [2.75, 3.05) is 13.2 Å². The zero-order chi connectivity index (χ0) is 27.7. The summed E-state index contributed by atoms with van der Waals surface area (Å²) in [5.74, 6) is -2.63. The smallest absolute Gasteiger partial charge is 0.411 e. The molecule has 2 aromatic rings. The molecule has 0 radical (unpaired) electrons. The fourth-order valence-electron chi connectivity index (χ4n) is 4.08. The highest BCUT2D eigenvalue weighted by Crippen LogP contribution is 2.57. The molecular weight excluding hydrogens is 502 g/mol. The van der Waals surface area contributed by atoms with E-state index in [0.717, 1.165) is 49.2 Å². The zero-order valence-corrected chi connectivity index (χ0v) is 20.7. The summed E-state index contributed by atoms with van der Waals surface area (Å²) in [6, 6.07) is 7.14. The molecule has 0 N–H and O–H groups in total. The maximum atomic E-state index is 14.8. The molecule has 2 aromatic carbocycles. The summed E-state index contributed by atoms with van der Waals surface area (Å²) in [7, 11) is 0. The maximum absolute atomic E-state index is 14.8. The normalized spacial score (nSPS) is 12.3. The lowest BCUT2D eigenvalue weighted by Gasteiger charge is -2.39. The van der Waals surface area contributed by atoms with Crippen LogP contribution in [-0.2, 0) is 14.9 Å². The van der Waals surface area contributed by atoms with Crippen LogP contribution in [0.1, 0.15) is 84.2 Å². The van der Waals surface area contributed by atoms with Gasteiger partial charge in [-0.3, -0.25) is 0 Å². The van der Waals surface area contributed by atoms with Crippen molar-refractivity contribution in [2.24, 2.45) is 0 Å². The summed E-state index contributed by atoms with van der Waals surface area (Å²) < 4.78 is 98.9. The zero-order valence-electron chi connectivity index (χ0n) is 20.7. The molecule has 204 valence electrons. The highest BCUT2D eigenvalue weighted by atomic mass is 19.4. The Labute approximate surface area is 212 Å². The Balaban J connectivity index is 2.76. The lowest BCUT2D eigenvalue weighted by atomic mass is 9.69. The summed E-state index contributed by atoms with van der Waals surface area (Å²) in [6.45, 7) is 3.44. The number of carbonyl (C=O) groups is 2. The number of hydrogen-bond donors (Lipinski definition) is 0. The van der Waals surface area contributed by atoms with Crippen LogP contribution < -0.4 is 0 Å². The average Bonchev–Trinajstić information content (AvgIpc) is 2.83. The number of halogens is 6. The van der Waals surface area contributed by atoms with Crippen LogP contribution in [0.5, 0.6) is 0 Å². The Morgan fingerprint density at radius 3 is 1.30 bits per heavy atom. The minimum atomic E-state index is -6.00. The highest BCUT2D eigenvalue weighted by Gasteiger charge is 2.74. The summed E-state index contributed by atoms with van der Waals surface area (Å²) in [5.41, 5.74) is -9.24. The topological polar surface area (TPSA) is 52.6 Å². The number of hydrogen-bond acceptors (Lipinski definition) is 4. The predicted octanol–water partition coefficient (Wildman–Crippen LogP) is 7.79. The number of rotatable bonds is 12. The van der Waals surface area contributed by atoms with Gasteiger partial charge in [-0.1, -0.05) is 75.9 Å². The standard InChI is InChI=1S/C27H30F6O4/c1-3-5-11-17-36-23(34)19-13-7-9-15-21(19)25(26(28,29)30,27(31,32)33)22-16-10-8-14-20(22)24(35)37-18-12-6-4-2/h7-10,13-16H,3-6,11-12,17-18H2,1-2H3. The van der Waals surface area contributed by atoms with Crippen molar-refractivity contribution in [3.05, 3.63) is 70.8 Å². The van der Waals surface area contributed by atoms with E-state index in [1.807, 2.05) is 13.8 Å². The van der Waals surface area contributed by atoms with Crippen LogP contribution in [0.2, 0.25) is 0 Å². The van der Waals surface area contributed by atoms with Crippen LogP contribution in [0.4, 0.5) is 26.3 Å². The van der Waals surface area contributed by atoms with Gasteiger partial charge in [0.25, 0.3) is 0 Å². The fraction of sp³-hybridized carbons (Fsp3) is 0.481. The van der Waals surface area contributed by atoms with Gasteiger partial charge in [0.1, 0.15) is 0 Å². The van der Waals surface area contributed by atoms with Crippen molar-refractivity contribution in [2.45, 2.75) is 70.1 Å². The first-order valence-corrected chi connectivity index (χ1v) is 12.1. The minimum Gasteiger partial charge on any atom is -0.462 e. The fourth-order valence-corrected chi connectivity index (χ4v) is 4.08. The first kappa shape index (κ1) is 30.2. The Bertz CT molecular complexity index is 962. The van der Waals surface area contributed by atoms with Gasteiger partial charge in [0.05, 0.1) is 24.3 Å². The molecule has 0 aliphatic heterocycles. The molecule has 0 atom stereocenters. The molecule has 10 heteroatoms. The van der Waals surface area contributed by atoms with E-state index in [4.69, 9.17) is 9.47 Å². The average molecular weight is 533 g/mol. The molecule has 2 rings (SSSR count). The Kier molecular flexibility index (Phi) is 10.6. The van der Waals surface area contributed by atoms with Gasteiger partial charge < -0.3 is 9.47 Å². The van der Waals surface area contributed by atoms with E-state index in [2.05, 4.69) is 0 Å². The van der Waals surface area contributed by atoms with E-state index in [-0.39, 0.29) is 13.2 Å². The van der Waals surface area contributed by atoms with Crippen molar-refractivity contribution >= 4 is 11.9 Å². The summed E-state index contributed by atoms with van der Waals surface area (Å²) in [5, 5.41) is 0. The number of esters is 2. The lowest BCUT2D eigenvalue weighted by molar-refractivity contribution is -0.288. The molecule has 0 bridgehead atoms. The number of carbonyl (C=O) groups excluding carboxylic acids is 2. The van der Waals surface area contributed by atoms with Crippen LogP contribution in [0.25, 0.3) is 0 Å². The second-order valence-corrected chi connectivity index (χ2v) is 8.52. The van der Waals surface area contributed by atoms with Gasteiger partial charge >= 0.3 is 24.3 Å². The molecule has 0 spiro atoms. The van der Waals surface area contributed by atoms with Crippen molar-refractivity contribution in [1.29, 1.82) is 0 Å². The molecule has 0 aromatic heterocycles. The third kappa shape index (κ3) is 6.64. The minimum absolute atomic E-state index is 0.160. The largest absolute Gasteiger partial charge is 0.462 e. The lowest BCUT2D eigenvalue weighted by Crippen LogP contribution is -2.56. The second-order valence-electron chi connectivity index (χ2n) is 8.52. The first-order chi connectivity index (χ1) is 17.4. The van der Waals surface area contributed by atoms with Crippen LogP contribution in [0.15, 0.2) is 48.5 Å². The van der Waals surface area contributed by atoms with E-state index < -0.39 is 52.0 Å². The number of alkyl halides is 6. The van der Waals surface area contributed by atoms with E-state index >= 15 is 0 Å². The Morgan fingerprint density at radius 2 is 0.973 bits per heavy atom. The molecule has 0 heterocycles. The molecule has 0 aliphatic carbocycles. The van der Waals surface area contributed by atoms with Crippen LogP contribution in [0.3, 0.4) is 0 Å². The number of ether oxygens (including phenoxy) is 2. The van der Waals surface area contributed by atoms with Gasteiger partial charge in [-0.15, -0.1) is 0 Å². The van der Waals surface area contributed by atoms with Crippen molar-refractivity contribution in [3.8, 4) is 0 Å². The Morgan fingerprint density at radius 1 is 0.622 bits per heavy atom. The third-order valence-electron chi connectivity index (χ3n) is 5.91. The molecule has 0 fully saturated rings. The van der Waals surface area contributed by atoms with Gasteiger partial charge in [-0.05, 0) is 36.1 Å². The number of benzene rings is 2. The van der Waals surface area contributed by atoms with Gasteiger partial charge in [0.15, 0.2) is 0 Å². The van der Waals surface area contributed by atoms with Gasteiger partial charge in [-0.2, -0.15) is 26.3 Å². The Hall–Kier alpha value is -3.04. The first-order valence-electron chi connectivity index (χ1n) is 12.1. The molecular formula is C27H30F6O4. The predicted molar refractivity (Wildman–Crippen MR) is 125 cm³/mol. The van der Waals surface area contributed by atoms with Gasteiger partial charge in [0, 0.05) is 0 Å². The van der Waals surface area contributed by atoms with Gasteiger partial charge in [-0.25, -0.2) is 9.59 Å². The monoisotopic (exact) mass is 532 g/mol. The van der Waals surface area contributed by atoms with E-state index in [9.17, 15) is 35.9 Å². The second kappa shape index (κ2) is 13.0. The quantitative estimate of drug-likeness (QED) is 0.159. The van der Waals surface area contributed by atoms with Crippen molar-refractivity contribution < 1.29 is 45.4 Å². The van der Waals surface area contributed by atoms with Gasteiger partial charge in [0.2, 0.25) is 5.41 Å². The molecule has 0 saturated carbocycles. The van der Waals surface area contributed by atoms with Crippen molar-refractivity contribution in [1.82, 2.24) is 0 Å². The van der Waals surface area contributed by atoms with E-state index in [0.29, 0.717) is 37.8 Å². The molecule has 4 nitrogen and oxygen atoms in total. The molecule has 0 saturated heterocycles. The van der Waals surface area contributed by atoms with E-state index in [1.54, 1.807) is 0 Å². The maximum Gasteiger partial charge on any atom is 0.411 e. The van der Waals surface area contributed by atoms with Crippen LogP contribution >= 0.6 is 0 Å². The molecule has 0 unspecified atom stereocenters.